The molecule has 2 aromatic carbocycles. The van der Waals surface area contributed by atoms with Crippen molar-refractivity contribution < 1.29 is 14.6 Å². The number of aryl methyl sites for hydroxylation is 5. The Bertz CT molecular complexity index is 2060. The first kappa shape index (κ1) is 31.9. The van der Waals surface area contributed by atoms with E-state index < -0.39 is 5.97 Å². The minimum Gasteiger partial charge on any atom is -0.493 e. The first-order valence-electron chi connectivity index (χ1n) is 17.0. The van der Waals surface area contributed by atoms with E-state index in [0.717, 1.165) is 94.9 Å². The number of halogens is 1. The molecule has 5 aromatic rings. The number of ether oxygens (including phenoxy) is 1. The Kier molecular flexibility index (Phi) is 8.76. The van der Waals surface area contributed by atoms with Gasteiger partial charge in [-0.15, -0.1) is 23.5 Å². The number of hydrogen-bond acceptors (Lipinski definition) is 6. The third kappa shape index (κ3) is 5.73. The van der Waals surface area contributed by atoms with Gasteiger partial charge in [0.2, 0.25) is 0 Å². The molecular formula is C37H40ClN5O3S2. The van der Waals surface area contributed by atoms with E-state index >= 15 is 0 Å². The van der Waals surface area contributed by atoms with Gasteiger partial charge in [-0.2, -0.15) is 10.2 Å². The predicted octanol–water partition coefficient (Wildman–Crippen LogP) is 8.39. The summed E-state index contributed by atoms with van der Waals surface area (Å²) in [6, 6.07) is 10.7. The van der Waals surface area contributed by atoms with Crippen molar-refractivity contribution in [1.82, 2.24) is 24.1 Å². The number of aromatic nitrogens is 5. The van der Waals surface area contributed by atoms with Crippen LogP contribution in [0.2, 0.25) is 5.02 Å². The molecule has 0 radical (unpaired) electrons. The predicted molar refractivity (Wildman–Crippen MR) is 194 cm³/mol. The lowest BCUT2D eigenvalue weighted by Crippen LogP contribution is -2.11. The lowest BCUT2D eigenvalue weighted by atomic mass is 9.91. The van der Waals surface area contributed by atoms with Crippen LogP contribution in [0.5, 0.6) is 5.75 Å². The van der Waals surface area contributed by atoms with Crippen LogP contribution in [-0.4, -0.2) is 41.8 Å². The Morgan fingerprint density at radius 2 is 1.75 bits per heavy atom. The highest BCUT2D eigenvalue weighted by Gasteiger charge is 2.29. The zero-order valence-corrected chi connectivity index (χ0v) is 29.9. The van der Waals surface area contributed by atoms with Crippen molar-refractivity contribution in [3.8, 4) is 16.9 Å². The summed E-state index contributed by atoms with van der Waals surface area (Å²) in [6.07, 6.45) is 8.91. The minimum absolute atomic E-state index is 0.314. The second-order valence-electron chi connectivity index (χ2n) is 13.2. The largest absolute Gasteiger partial charge is 0.493 e. The highest BCUT2D eigenvalue weighted by molar-refractivity contribution is 7.98. The van der Waals surface area contributed by atoms with E-state index in [0.29, 0.717) is 35.9 Å². The van der Waals surface area contributed by atoms with Gasteiger partial charge < -0.3 is 14.4 Å². The molecule has 250 valence electrons. The molecule has 0 atom stereocenters. The Labute approximate surface area is 294 Å². The number of carboxylic acids is 1. The maximum absolute atomic E-state index is 12.8. The molecule has 5 heterocycles. The Hall–Kier alpha value is -3.34. The topological polar surface area (TPSA) is 87.1 Å². The van der Waals surface area contributed by atoms with Gasteiger partial charge in [0.25, 0.3) is 0 Å². The molecule has 8 bridgehead atoms. The van der Waals surface area contributed by atoms with Gasteiger partial charge in [0.1, 0.15) is 11.4 Å². The summed E-state index contributed by atoms with van der Waals surface area (Å²) < 4.78 is 12.6. The number of benzene rings is 2. The van der Waals surface area contributed by atoms with Gasteiger partial charge in [0, 0.05) is 70.7 Å². The van der Waals surface area contributed by atoms with E-state index in [-0.39, 0.29) is 0 Å². The Morgan fingerprint density at radius 3 is 2.62 bits per heavy atom. The highest BCUT2D eigenvalue weighted by Crippen LogP contribution is 2.44. The van der Waals surface area contributed by atoms with Crippen LogP contribution in [0.3, 0.4) is 0 Å². The monoisotopic (exact) mass is 701 g/mol. The molecule has 0 amide bonds. The van der Waals surface area contributed by atoms with Gasteiger partial charge >= 0.3 is 5.97 Å². The van der Waals surface area contributed by atoms with E-state index in [2.05, 4.69) is 22.9 Å². The number of hydrogen-bond donors (Lipinski definition) is 1. The quantitative estimate of drug-likeness (QED) is 0.188. The fraction of sp³-hybridized carbons (Fsp3) is 0.432. The fourth-order valence-corrected chi connectivity index (χ4v) is 10.0. The zero-order chi connectivity index (χ0) is 32.9. The third-order valence-corrected chi connectivity index (χ3v) is 12.5. The van der Waals surface area contributed by atoms with Gasteiger partial charge in [-0.25, -0.2) is 4.79 Å². The van der Waals surface area contributed by atoms with Crippen LogP contribution in [0.25, 0.3) is 22.0 Å². The average molecular weight is 702 g/mol. The zero-order valence-electron chi connectivity index (χ0n) is 27.5. The second-order valence-corrected chi connectivity index (χ2v) is 15.7. The summed E-state index contributed by atoms with van der Waals surface area (Å²) in [5, 5.41) is 22.1. The van der Waals surface area contributed by atoms with Crippen molar-refractivity contribution in [2.75, 3.05) is 6.61 Å². The Balaban J connectivity index is 1.25. The van der Waals surface area contributed by atoms with Gasteiger partial charge in [-0.3, -0.25) is 9.36 Å². The number of aromatic carboxylic acids is 1. The third-order valence-electron chi connectivity index (χ3n) is 10.2. The molecule has 1 N–H and O–H groups in total. The molecule has 3 aliphatic rings. The first-order valence-corrected chi connectivity index (χ1v) is 19.5. The van der Waals surface area contributed by atoms with Gasteiger partial charge in [0.15, 0.2) is 0 Å². The van der Waals surface area contributed by atoms with E-state index in [1.807, 2.05) is 59.0 Å². The SMILES string of the molecule is Cn1nc2cc1CSc1cc3c(c(c1)OCCCc1c(C(=O)O)n(C)c4c(c(Cl)ccc14)-c1c(nn4c1CCCC4)CSC2)CCCC3. The lowest BCUT2D eigenvalue weighted by Gasteiger charge is -2.21. The van der Waals surface area contributed by atoms with Crippen molar-refractivity contribution >= 4 is 52.0 Å². The lowest BCUT2D eigenvalue weighted by molar-refractivity contribution is 0.0685. The molecule has 3 aromatic heterocycles. The molecule has 0 saturated carbocycles. The van der Waals surface area contributed by atoms with Crippen molar-refractivity contribution in [3.63, 3.8) is 0 Å². The maximum atomic E-state index is 12.8. The van der Waals surface area contributed by atoms with Crippen LogP contribution < -0.4 is 4.74 Å². The van der Waals surface area contributed by atoms with E-state index in [1.54, 1.807) is 0 Å². The molecule has 8 rings (SSSR count). The van der Waals surface area contributed by atoms with Crippen molar-refractivity contribution in [2.45, 2.75) is 86.5 Å². The minimum atomic E-state index is -0.928. The molecule has 48 heavy (non-hydrogen) atoms. The molecule has 2 aliphatic heterocycles. The van der Waals surface area contributed by atoms with Crippen LogP contribution in [-0.2, 0) is 63.6 Å². The molecule has 0 fully saturated rings. The standard InChI is InChI=1S/C37H40ClN5O3S2/c1-41-35-28-12-13-29(38)33(35)34-30(40-43-14-6-5-11-31(34)43)21-47-19-23-17-24(42(2)39-23)20-48-25-16-22-8-3-4-9-26(22)32(18-25)46-15-7-10-27(28)36(41)37(44)45/h12-13,16-18H,3-11,14-15,19-21H2,1-2H3,(H,44,45). The summed E-state index contributed by atoms with van der Waals surface area (Å²) in [5.74, 6) is 2.36. The van der Waals surface area contributed by atoms with Gasteiger partial charge in [0.05, 0.1) is 28.5 Å². The first-order chi connectivity index (χ1) is 23.4. The Morgan fingerprint density at radius 1 is 0.917 bits per heavy atom. The number of fused-ring (bicyclic) bond motifs is 10. The molecule has 0 saturated heterocycles. The molecule has 0 unspecified atom stereocenters. The smallest absolute Gasteiger partial charge is 0.352 e. The average Bonchev–Trinajstić information content (AvgIpc) is 3.72. The van der Waals surface area contributed by atoms with Crippen LogP contribution in [0.4, 0.5) is 0 Å². The van der Waals surface area contributed by atoms with E-state index in [4.69, 9.17) is 26.5 Å². The van der Waals surface area contributed by atoms with E-state index in [1.165, 1.54) is 40.3 Å². The van der Waals surface area contributed by atoms with Crippen LogP contribution in [0.15, 0.2) is 35.2 Å². The molecular weight excluding hydrogens is 662 g/mol. The summed E-state index contributed by atoms with van der Waals surface area (Å²) in [4.78, 5) is 14.1. The maximum Gasteiger partial charge on any atom is 0.352 e. The van der Waals surface area contributed by atoms with Crippen LogP contribution in [0, 0.1) is 0 Å². The number of carbonyl (C=O) groups is 1. The summed E-state index contributed by atoms with van der Waals surface area (Å²) >= 11 is 10.8. The molecule has 0 spiro atoms. The van der Waals surface area contributed by atoms with Crippen molar-refractivity contribution in [1.29, 1.82) is 0 Å². The van der Waals surface area contributed by atoms with Crippen molar-refractivity contribution in [2.24, 2.45) is 14.1 Å². The number of rotatable bonds is 1. The summed E-state index contributed by atoms with van der Waals surface area (Å²) in [6.45, 7) is 1.39. The summed E-state index contributed by atoms with van der Waals surface area (Å²) in [7, 11) is 3.90. The number of carboxylic acid groups (broad SMARTS) is 1. The molecule has 11 heteroatoms. The highest BCUT2D eigenvalue weighted by atomic mass is 35.5. The number of nitrogens with zero attached hydrogens (tertiary/aromatic N) is 5. The fourth-order valence-electron chi connectivity index (χ4n) is 7.93. The molecule has 1 aliphatic carbocycles. The van der Waals surface area contributed by atoms with Crippen LogP contribution in [0.1, 0.15) is 82.1 Å². The van der Waals surface area contributed by atoms with Gasteiger partial charge in [-0.1, -0.05) is 17.7 Å². The summed E-state index contributed by atoms with van der Waals surface area (Å²) in [5.41, 5.74) is 11.2. The van der Waals surface area contributed by atoms with Crippen LogP contribution >= 0.6 is 35.1 Å². The van der Waals surface area contributed by atoms with E-state index in [9.17, 15) is 9.90 Å². The molecule has 8 nitrogen and oxygen atoms in total. The number of thioether (sulfide) groups is 2. The second kappa shape index (κ2) is 13.2. The normalized spacial score (nSPS) is 16.9. The van der Waals surface area contributed by atoms with Gasteiger partial charge in [-0.05, 0) is 98.7 Å². The van der Waals surface area contributed by atoms with Crippen molar-refractivity contribution in [3.05, 3.63) is 80.5 Å².